The smallest absolute Gasteiger partial charge is 0.337 e. The van der Waals surface area contributed by atoms with Gasteiger partial charge in [-0.15, -0.1) is 0 Å². The Hall–Kier alpha value is -2.45. The first-order valence-corrected chi connectivity index (χ1v) is 9.42. The van der Waals surface area contributed by atoms with E-state index in [1.54, 1.807) is 36.4 Å². The van der Waals surface area contributed by atoms with Crippen molar-refractivity contribution in [3.8, 4) is 5.75 Å². The summed E-state index contributed by atoms with van der Waals surface area (Å²) in [6.45, 7) is 3.96. The summed E-state index contributed by atoms with van der Waals surface area (Å²) in [5.41, 5.74) is 0.698. The van der Waals surface area contributed by atoms with Crippen LogP contribution in [0.15, 0.2) is 46.9 Å². The molecule has 2 aromatic rings. The van der Waals surface area contributed by atoms with Gasteiger partial charge in [0.1, 0.15) is 5.75 Å². The number of nitrogens with one attached hydrogen (secondary N) is 2. The van der Waals surface area contributed by atoms with Crippen molar-refractivity contribution in [3.05, 3.63) is 58.1 Å². The van der Waals surface area contributed by atoms with E-state index >= 15 is 0 Å². The lowest BCUT2D eigenvalue weighted by Gasteiger charge is -2.14. The van der Waals surface area contributed by atoms with Gasteiger partial charge < -0.3 is 15.2 Å². The number of hydrogen-bond acceptors (Lipinski definition) is 4. The molecule has 27 heavy (non-hydrogen) atoms. The number of ether oxygens (including phenoxy) is 1. The van der Waals surface area contributed by atoms with Gasteiger partial charge in [0.05, 0.1) is 17.4 Å². The molecule has 0 aliphatic heterocycles. The first-order valence-electron chi connectivity index (χ1n) is 8.22. The second-order valence-electron chi connectivity index (χ2n) is 5.77. The Bertz CT molecular complexity index is 873. The van der Waals surface area contributed by atoms with E-state index in [2.05, 4.69) is 26.6 Å². The zero-order chi connectivity index (χ0) is 20.0. The molecule has 0 aliphatic rings. The second kappa shape index (κ2) is 9.48. The highest BCUT2D eigenvalue weighted by Gasteiger charge is 2.14. The number of rotatable bonds is 6. The molecule has 0 bridgehead atoms. The van der Waals surface area contributed by atoms with E-state index in [1.807, 2.05) is 13.8 Å². The van der Waals surface area contributed by atoms with Crippen molar-refractivity contribution in [2.75, 3.05) is 5.32 Å². The minimum atomic E-state index is -1.11. The Balaban J connectivity index is 2.07. The molecule has 142 valence electrons. The molecule has 3 N–H and O–H groups in total. The molecule has 8 heteroatoms. The quantitative estimate of drug-likeness (QED) is 0.563. The van der Waals surface area contributed by atoms with Crippen molar-refractivity contribution in [2.24, 2.45) is 0 Å². The van der Waals surface area contributed by atoms with Crippen LogP contribution in [0.25, 0.3) is 0 Å². The summed E-state index contributed by atoms with van der Waals surface area (Å²) in [7, 11) is 0. The van der Waals surface area contributed by atoms with Crippen LogP contribution in [0.4, 0.5) is 5.69 Å². The van der Waals surface area contributed by atoms with Gasteiger partial charge in [-0.05, 0) is 62.0 Å². The van der Waals surface area contributed by atoms with E-state index in [0.717, 1.165) is 6.42 Å². The van der Waals surface area contributed by atoms with E-state index in [4.69, 9.17) is 17.0 Å². The van der Waals surface area contributed by atoms with Crippen molar-refractivity contribution in [1.82, 2.24) is 5.32 Å². The molecule has 0 saturated heterocycles. The van der Waals surface area contributed by atoms with Gasteiger partial charge in [0, 0.05) is 10.0 Å². The van der Waals surface area contributed by atoms with Gasteiger partial charge >= 0.3 is 5.97 Å². The number of benzene rings is 2. The van der Waals surface area contributed by atoms with Crippen molar-refractivity contribution in [2.45, 2.75) is 26.4 Å². The summed E-state index contributed by atoms with van der Waals surface area (Å²) in [6, 6.07) is 11.5. The molecule has 6 nitrogen and oxygen atoms in total. The van der Waals surface area contributed by atoms with Gasteiger partial charge in [-0.3, -0.25) is 10.1 Å². The highest BCUT2D eigenvalue weighted by atomic mass is 79.9. The highest BCUT2D eigenvalue weighted by Crippen LogP contribution is 2.21. The van der Waals surface area contributed by atoms with Gasteiger partial charge in [-0.2, -0.15) is 0 Å². The normalized spacial score (nSPS) is 11.4. The summed E-state index contributed by atoms with van der Waals surface area (Å²) in [5, 5.41) is 14.6. The lowest BCUT2D eigenvalue weighted by atomic mass is 10.2. The number of amides is 1. The van der Waals surface area contributed by atoms with E-state index in [1.165, 1.54) is 6.07 Å². The lowest BCUT2D eigenvalue weighted by Crippen LogP contribution is -2.34. The van der Waals surface area contributed by atoms with Crippen LogP contribution in [0.1, 0.15) is 41.0 Å². The Morgan fingerprint density at radius 1 is 1.26 bits per heavy atom. The number of carbonyl (C=O) groups excluding carboxylic acids is 1. The number of carboxylic acid groups (broad SMARTS) is 1. The number of anilines is 1. The van der Waals surface area contributed by atoms with Gasteiger partial charge in [0.15, 0.2) is 5.11 Å². The fraction of sp³-hybridized carbons (Fsp3) is 0.211. The van der Waals surface area contributed by atoms with E-state index < -0.39 is 11.9 Å². The molecule has 0 aliphatic carbocycles. The van der Waals surface area contributed by atoms with E-state index in [0.29, 0.717) is 15.8 Å². The lowest BCUT2D eigenvalue weighted by molar-refractivity contribution is 0.0697. The van der Waals surface area contributed by atoms with Crippen LogP contribution in [0.5, 0.6) is 5.75 Å². The van der Waals surface area contributed by atoms with Crippen molar-refractivity contribution < 1.29 is 19.4 Å². The van der Waals surface area contributed by atoms with Crippen LogP contribution in [0, 0.1) is 0 Å². The Morgan fingerprint density at radius 3 is 2.67 bits per heavy atom. The Kier molecular flexibility index (Phi) is 7.32. The number of thiocarbonyl (C=S) groups is 1. The number of carbonyl (C=O) groups is 2. The number of hydrogen-bond donors (Lipinski definition) is 3. The average Bonchev–Trinajstić information content (AvgIpc) is 2.63. The Morgan fingerprint density at radius 2 is 2.00 bits per heavy atom. The zero-order valence-corrected chi connectivity index (χ0v) is 17.2. The maximum atomic E-state index is 12.4. The van der Waals surface area contributed by atoms with Gasteiger partial charge in [-0.25, -0.2) is 4.79 Å². The predicted molar refractivity (Wildman–Crippen MR) is 112 cm³/mol. The van der Waals surface area contributed by atoms with Crippen LogP contribution in [-0.2, 0) is 0 Å². The summed E-state index contributed by atoms with van der Waals surface area (Å²) >= 11 is 8.36. The molecule has 1 amide bonds. The van der Waals surface area contributed by atoms with Gasteiger partial charge in [-0.1, -0.05) is 28.9 Å². The van der Waals surface area contributed by atoms with E-state index in [9.17, 15) is 14.7 Å². The SMILES string of the molecule is CC[C@H](C)Oc1cccc(C(=O)NC(=S)Nc2ccc(Br)cc2C(=O)O)c1. The summed E-state index contributed by atoms with van der Waals surface area (Å²) < 4.78 is 6.33. The largest absolute Gasteiger partial charge is 0.491 e. The third-order valence-electron chi connectivity index (χ3n) is 3.70. The molecule has 0 unspecified atom stereocenters. The molecule has 1 atom stereocenters. The van der Waals surface area contributed by atoms with Crippen LogP contribution >= 0.6 is 28.1 Å². The molecular formula is C19H19BrN2O4S. The number of carboxylic acids is 1. The van der Waals surface area contributed by atoms with Crippen molar-refractivity contribution in [1.29, 1.82) is 0 Å². The number of halogens is 1. The predicted octanol–water partition coefficient (Wildman–Crippen LogP) is 4.45. The third-order valence-corrected chi connectivity index (χ3v) is 4.39. The minimum Gasteiger partial charge on any atom is -0.491 e. The van der Waals surface area contributed by atoms with Crippen LogP contribution in [0.3, 0.4) is 0 Å². The minimum absolute atomic E-state index is 0.00179. The zero-order valence-electron chi connectivity index (χ0n) is 14.8. The molecule has 2 aromatic carbocycles. The standard InChI is InChI=1S/C19H19BrN2O4S/c1-3-11(2)26-14-6-4-5-12(9-14)17(23)22-19(27)21-16-8-7-13(20)10-15(16)18(24)25/h4-11H,3H2,1-2H3,(H,24,25)(H2,21,22,23,27)/t11-/m0/s1. The fourth-order valence-corrected chi connectivity index (χ4v) is 2.72. The second-order valence-corrected chi connectivity index (χ2v) is 7.09. The van der Waals surface area contributed by atoms with Crippen LogP contribution in [-0.4, -0.2) is 28.2 Å². The third kappa shape index (κ3) is 6.04. The monoisotopic (exact) mass is 450 g/mol. The van der Waals surface area contributed by atoms with Crippen molar-refractivity contribution >= 4 is 50.8 Å². The maximum absolute atomic E-state index is 12.4. The van der Waals surface area contributed by atoms with Gasteiger partial charge in [0.25, 0.3) is 5.91 Å². The summed E-state index contributed by atoms with van der Waals surface area (Å²) in [4.78, 5) is 23.8. The molecule has 0 heterocycles. The molecule has 0 spiro atoms. The molecule has 0 saturated carbocycles. The Labute approximate surface area is 171 Å². The molecule has 2 rings (SSSR count). The summed E-state index contributed by atoms with van der Waals surface area (Å²) in [6.07, 6.45) is 0.890. The van der Waals surface area contributed by atoms with Crippen molar-refractivity contribution in [3.63, 3.8) is 0 Å². The van der Waals surface area contributed by atoms with Crippen LogP contribution < -0.4 is 15.4 Å². The van der Waals surface area contributed by atoms with Crippen LogP contribution in [0.2, 0.25) is 0 Å². The number of aromatic carboxylic acids is 1. The molecule has 0 aromatic heterocycles. The highest BCUT2D eigenvalue weighted by molar-refractivity contribution is 9.10. The molecule has 0 radical (unpaired) electrons. The first kappa shape index (κ1) is 20.9. The molecule has 0 fully saturated rings. The average molecular weight is 451 g/mol. The maximum Gasteiger partial charge on any atom is 0.337 e. The summed E-state index contributed by atoms with van der Waals surface area (Å²) in [5.74, 6) is -0.934. The van der Waals surface area contributed by atoms with Gasteiger partial charge in [0.2, 0.25) is 0 Å². The topological polar surface area (TPSA) is 87.7 Å². The fourth-order valence-electron chi connectivity index (χ4n) is 2.16. The molecular weight excluding hydrogens is 432 g/mol. The van der Waals surface area contributed by atoms with E-state index in [-0.39, 0.29) is 22.5 Å². The first-order chi connectivity index (χ1) is 12.8.